The molecule has 0 aromatic heterocycles. The second-order valence-electron chi connectivity index (χ2n) is 13.3. The molecule has 272 valence electrons. The molecule has 6 atom stereocenters. The van der Waals surface area contributed by atoms with Crippen LogP contribution in [0.5, 0.6) is 11.5 Å². The van der Waals surface area contributed by atoms with Gasteiger partial charge in [-0.25, -0.2) is 4.79 Å². The molecule has 2 aliphatic carbocycles. The molecule has 0 radical (unpaired) electrons. The molecule has 2 N–H and O–H groups in total. The van der Waals surface area contributed by atoms with Gasteiger partial charge in [0.2, 0.25) is 5.79 Å². The molecular formula is C37H54ClN3O8. The smallest absolute Gasteiger partial charge is 0.410 e. The van der Waals surface area contributed by atoms with Crippen molar-refractivity contribution in [3.05, 3.63) is 48.1 Å². The molecule has 2 aliphatic heterocycles. The van der Waals surface area contributed by atoms with Gasteiger partial charge in [0.05, 0.1) is 24.1 Å². The Labute approximate surface area is 295 Å². The number of oxime groups is 1. The first-order valence-corrected chi connectivity index (χ1v) is 18.5. The highest BCUT2D eigenvalue weighted by molar-refractivity contribution is 6.18. The van der Waals surface area contributed by atoms with Crippen LogP contribution in [0.4, 0.5) is 4.79 Å². The van der Waals surface area contributed by atoms with Gasteiger partial charge in [0.15, 0.2) is 0 Å². The van der Waals surface area contributed by atoms with Crippen molar-refractivity contribution in [1.82, 2.24) is 9.80 Å². The summed E-state index contributed by atoms with van der Waals surface area (Å²) in [5, 5.41) is 24.1. The van der Waals surface area contributed by atoms with Crippen molar-refractivity contribution in [2.75, 3.05) is 72.2 Å². The topological polar surface area (TPSA) is 122 Å². The summed E-state index contributed by atoms with van der Waals surface area (Å²) in [5.74, 6) is 0.146. The van der Waals surface area contributed by atoms with Crippen LogP contribution in [0.3, 0.4) is 0 Å². The number of alkyl halides is 1. The Morgan fingerprint density at radius 3 is 2.65 bits per heavy atom. The Morgan fingerprint density at radius 1 is 1.18 bits per heavy atom. The van der Waals surface area contributed by atoms with Gasteiger partial charge in [-0.15, -0.1) is 18.2 Å². The Hall–Kier alpha value is -2.83. The largest absolute Gasteiger partial charge is 0.492 e. The van der Waals surface area contributed by atoms with Gasteiger partial charge in [0, 0.05) is 57.8 Å². The van der Waals surface area contributed by atoms with E-state index in [4.69, 9.17) is 35.4 Å². The summed E-state index contributed by atoms with van der Waals surface area (Å²) in [6, 6.07) is 5.39. The van der Waals surface area contributed by atoms with Crippen LogP contribution >= 0.6 is 11.6 Å². The predicted octanol–water partition coefficient (Wildman–Crippen LogP) is 5.34. The molecule has 1 saturated carbocycles. The zero-order chi connectivity index (χ0) is 34.8. The summed E-state index contributed by atoms with van der Waals surface area (Å²) in [4.78, 5) is 23.1. The van der Waals surface area contributed by atoms with Gasteiger partial charge in [-0.1, -0.05) is 30.1 Å². The third-order valence-corrected chi connectivity index (χ3v) is 10.4. The number of fused-ring (bicyclic) bond motifs is 2. The number of unbranched alkanes of at least 4 members (excludes halogenated alkanes) is 2. The lowest BCUT2D eigenvalue weighted by Gasteiger charge is -2.59. The summed E-state index contributed by atoms with van der Waals surface area (Å²) in [6.07, 6.45) is 8.68. The van der Waals surface area contributed by atoms with Gasteiger partial charge < -0.3 is 38.9 Å². The second kappa shape index (κ2) is 17.9. The minimum Gasteiger partial charge on any atom is -0.492 e. The van der Waals surface area contributed by atoms with Crippen molar-refractivity contribution in [2.24, 2.45) is 22.9 Å². The van der Waals surface area contributed by atoms with E-state index < -0.39 is 17.9 Å². The Bertz CT molecular complexity index is 1320. The number of carbonyl (C=O) groups excluding carboxylic acids is 1. The highest BCUT2D eigenvalue weighted by atomic mass is 35.5. The Kier molecular flexibility index (Phi) is 13.7. The molecule has 0 bridgehead atoms. The maximum absolute atomic E-state index is 13.5. The molecule has 49 heavy (non-hydrogen) atoms. The summed E-state index contributed by atoms with van der Waals surface area (Å²) < 4.78 is 25.7. The number of amides is 1. The molecule has 2 heterocycles. The molecule has 1 aromatic rings. The average molecular weight is 704 g/mol. The summed E-state index contributed by atoms with van der Waals surface area (Å²) in [6.45, 7) is 10.5. The van der Waals surface area contributed by atoms with Crippen LogP contribution in [0.25, 0.3) is 0 Å². The number of aliphatic hydroxyl groups is 2. The lowest BCUT2D eigenvalue weighted by Crippen LogP contribution is -2.69. The van der Waals surface area contributed by atoms with Crippen molar-refractivity contribution in [1.29, 1.82) is 0 Å². The maximum atomic E-state index is 13.5. The number of ether oxygens (including phenoxy) is 4. The van der Waals surface area contributed by atoms with E-state index in [1.165, 1.54) is 0 Å². The van der Waals surface area contributed by atoms with Crippen molar-refractivity contribution in [2.45, 2.75) is 69.6 Å². The first kappa shape index (κ1) is 37.4. The first-order chi connectivity index (χ1) is 23.9. The summed E-state index contributed by atoms with van der Waals surface area (Å²) in [5.41, 5.74) is 2.77. The Morgan fingerprint density at radius 2 is 1.96 bits per heavy atom. The predicted molar refractivity (Wildman–Crippen MR) is 188 cm³/mol. The third kappa shape index (κ3) is 8.56. The molecule has 1 amide bonds. The van der Waals surface area contributed by atoms with Crippen LogP contribution in [-0.4, -0.2) is 116 Å². The molecule has 11 nitrogen and oxygen atoms in total. The maximum Gasteiger partial charge on any atom is 0.410 e. The molecule has 2 fully saturated rings. The number of hydrogen-bond donors (Lipinski definition) is 2. The van der Waals surface area contributed by atoms with E-state index in [9.17, 15) is 15.0 Å². The number of hydrogen-bond acceptors (Lipinski definition) is 10. The van der Waals surface area contributed by atoms with E-state index in [-0.39, 0.29) is 56.0 Å². The minimum atomic E-state index is -1.31. The van der Waals surface area contributed by atoms with E-state index in [1.54, 1.807) is 18.0 Å². The number of benzene rings is 1. The summed E-state index contributed by atoms with van der Waals surface area (Å²) in [7, 11) is 1.70. The minimum absolute atomic E-state index is 0.0712. The fourth-order valence-corrected chi connectivity index (χ4v) is 7.98. The lowest BCUT2D eigenvalue weighted by atomic mass is 9.55. The van der Waals surface area contributed by atoms with Crippen LogP contribution in [0.15, 0.2) is 47.7 Å². The Balaban J connectivity index is 1.69. The van der Waals surface area contributed by atoms with Crippen molar-refractivity contribution in [3.63, 3.8) is 0 Å². The van der Waals surface area contributed by atoms with E-state index in [0.29, 0.717) is 31.8 Å². The SMILES string of the molecule is C=CCO[C@@]12Oc3ccc(OCCN4CC4)cc3[C@H]3[C@H](CCCCO)[C@@H](CCCCO)C=C(C(=NOCC)C[C@@H]1N(C)C(=O)OCCCl)[C@H]32. The van der Waals surface area contributed by atoms with E-state index >= 15 is 0 Å². The standard InChI is InChI=1S/C37H54ClN3O8/c1-4-20-47-37-33(40(3)36(44)46-21-14-38)25-31(39-48-5-2)29-23-26(10-6-8-18-42)28(11-7-9-19-43)34(35(29)37)30-24-27(12-13-32(30)49-37)45-22-17-41-15-16-41/h4,12-13,23-24,26,28,33-35,42-43H,1,5-11,14-22,25H2,2-3H3/t26-,28+,33-,34+,35+,37+/m0/s1. The number of aliphatic hydroxyl groups excluding tert-OH is 2. The van der Waals surface area contributed by atoms with E-state index in [1.807, 2.05) is 19.1 Å². The average Bonchev–Trinajstić information content (AvgIpc) is 3.94. The van der Waals surface area contributed by atoms with Crippen molar-refractivity contribution < 1.29 is 38.8 Å². The molecule has 12 heteroatoms. The molecular weight excluding hydrogens is 650 g/mol. The molecule has 0 unspecified atom stereocenters. The van der Waals surface area contributed by atoms with Crippen LogP contribution in [0.2, 0.25) is 0 Å². The van der Waals surface area contributed by atoms with Crippen LogP contribution < -0.4 is 9.47 Å². The quantitative estimate of drug-likeness (QED) is 0.0609. The van der Waals surface area contributed by atoms with Gasteiger partial charge in [0.25, 0.3) is 0 Å². The molecule has 0 spiro atoms. The number of allylic oxidation sites excluding steroid dienone is 1. The normalized spacial score (nSPS) is 27.7. The number of rotatable bonds is 20. The van der Waals surface area contributed by atoms with Crippen LogP contribution in [0, 0.1) is 17.8 Å². The third-order valence-electron chi connectivity index (χ3n) is 10.2. The fraction of sp³-hybridized carbons (Fsp3) is 0.676. The lowest BCUT2D eigenvalue weighted by molar-refractivity contribution is -0.253. The van der Waals surface area contributed by atoms with Crippen LogP contribution in [0.1, 0.15) is 63.4 Å². The van der Waals surface area contributed by atoms with Gasteiger partial charge in [-0.05, 0) is 68.2 Å². The van der Waals surface area contributed by atoms with E-state index in [0.717, 1.165) is 74.3 Å². The molecule has 1 aromatic carbocycles. The van der Waals surface area contributed by atoms with Gasteiger partial charge in [-0.2, -0.15) is 0 Å². The van der Waals surface area contributed by atoms with Gasteiger partial charge in [-0.3, -0.25) is 4.90 Å². The number of nitrogens with zero attached hydrogens (tertiary/aromatic N) is 3. The number of likely N-dealkylation sites (N-methyl/N-ethyl adjacent to an activating group) is 1. The van der Waals surface area contributed by atoms with Crippen LogP contribution in [-0.2, 0) is 14.3 Å². The second-order valence-corrected chi connectivity index (χ2v) is 13.7. The summed E-state index contributed by atoms with van der Waals surface area (Å²) >= 11 is 5.89. The fourth-order valence-electron chi connectivity index (χ4n) is 7.90. The number of halogens is 1. The van der Waals surface area contributed by atoms with Crippen molar-refractivity contribution >= 4 is 23.4 Å². The van der Waals surface area contributed by atoms with Gasteiger partial charge in [0.1, 0.15) is 37.4 Å². The zero-order valence-corrected chi connectivity index (χ0v) is 29.8. The monoisotopic (exact) mass is 703 g/mol. The van der Waals surface area contributed by atoms with Crippen molar-refractivity contribution in [3.8, 4) is 11.5 Å². The van der Waals surface area contributed by atoms with Gasteiger partial charge >= 0.3 is 6.09 Å². The first-order valence-electron chi connectivity index (χ1n) is 17.9. The highest BCUT2D eigenvalue weighted by Crippen LogP contribution is 2.61. The molecule has 1 saturated heterocycles. The molecule has 5 rings (SSSR count). The highest BCUT2D eigenvalue weighted by Gasteiger charge is 2.65. The number of carbonyl (C=O) groups is 1. The molecule has 4 aliphatic rings. The van der Waals surface area contributed by atoms with E-state index in [2.05, 4.69) is 28.8 Å². The zero-order valence-electron chi connectivity index (χ0n) is 29.1.